The number of carbonyl (C=O) groups is 1. The molecule has 0 saturated carbocycles. The molecule has 2 rings (SSSR count). The standard InChI is InChI=1S/C17H16ClN3O4S/c1-21(2)26(23,24)14-6-4-13(5-7-14)20-17(22)11-25-16-8-3-12(10-19)9-15(16)18/h3-9H,11H2,1-2H3,(H,20,22). The first-order chi connectivity index (χ1) is 12.2. The number of nitrogens with zero attached hydrogens (tertiary/aromatic N) is 2. The molecule has 0 aliphatic heterocycles. The van der Waals surface area contributed by atoms with Gasteiger partial charge in [-0.3, -0.25) is 4.79 Å². The number of rotatable bonds is 6. The zero-order valence-electron chi connectivity index (χ0n) is 14.1. The molecule has 0 bridgehead atoms. The van der Waals surface area contributed by atoms with E-state index in [2.05, 4.69) is 5.32 Å². The normalized spacial score (nSPS) is 11.0. The van der Waals surface area contributed by atoms with Crippen molar-refractivity contribution in [1.29, 1.82) is 5.26 Å². The Labute approximate surface area is 156 Å². The van der Waals surface area contributed by atoms with Gasteiger partial charge in [0.15, 0.2) is 6.61 Å². The molecular formula is C17H16ClN3O4S. The number of halogens is 1. The highest BCUT2D eigenvalue weighted by Crippen LogP contribution is 2.25. The van der Waals surface area contributed by atoms with Gasteiger partial charge in [0, 0.05) is 19.8 Å². The van der Waals surface area contributed by atoms with Gasteiger partial charge in [0.1, 0.15) is 5.75 Å². The summed E-state index contributed by atoms with van der Waals surface area (Å²) in [5, 5.41) is 11.6. The maximum absolute atomic E-state index is 12.0. The average molecular weight is 394 g/mol. The second kappa shape index (κ2) is 8.19. The van der Waals surface area contributed by atoms with Crippen LogP contribution in [0.1, 0.15) is 5.56 Å². The fourth-order valence-electron chi connectivity index (χ4n) is 1.95. The number of ether oxygens (including phenoxy) is 1. The van der Waals surface area contributed by atoms with E-state index in [1.165, 1.54) is 56.6 Å². The van der Waals surface area contributed by atoms with Crippen LogP contribution in [0.2, 0.25) is 5.02 Å². The molecule has 0 radical (unpaired) electrons. The summed E-state index contributed by atoms with van der Waals surface area (Å²) < 4.78 is 30.4. The zero-order valence-corrected chi connectivity index (χ0v) is 15.6. The van der Waals surface area contributed by atoms with Gasteiger partial charge in [-0.2, -0.15) is 5.26 Å². The maximum Gasteiger partial charge on any atom is 0.262 e. The Morgan fingerprint density at radius 2 is 1.88 bits per heavy atom. The topological polar surface area (TPSA) is 99.5 Å². The molecule has 0 aromatic heterocycles. The van der Waals surface area contributed by atoms with Gasteiger partial charge in [0.25, 0.3) is 5.91 Å². The van der Waals surface area contributed by atoms with Crippen molar-refractivity contribution in [3.63, 3.8) is 0 Å². The minimum absolute atomic E-state index is 0.126. The van der Waals surface area contributed by atoms with Gasteiger partial charge in [0.05, 0.1) is 21.6 Å². The lowest BCUT2D eigenvalue weighted by Gasteiger charge is -2.12. The van der Waals surface area contributed by atoms with Crippen molar-refractivity contribution in [2.45, 2.75) is 4.90 Å². The first-order valence-corrected chi connectivity index (χ1v) is 9.20. The Bertz CT molecular complexity index is 951. The lowest BCUT2D eigenvalue weighted by Crippen LogP contribution is -2.22. The van der Waals surface area contributed by atoms with Crippen LogP contribution >= 0.6 is 11.6 Å². The molecule has 136 valence electrons. The second-order valence-electron chi connectivity index (χ2n) is 5.41. The highest BCUT2D eigenvalue weighted by Gasteiger charge is 2.16. The van der Waals surface area contributed by atoms with Gasteiger partial charge in [-0.15, -0.1) is 0 Å². The molecule has 0 unspecified atom stereocenters. The molecule has 2 aromatic rings. The molecule has 7 nitrogen and oxygen atoms in total. The molecular weight excluding hydrogens is 378 g/mol. The van der Waals surface area contributed by atoms with E-state index in [1.807, 2.05) is 6.07 Å². The monoisotopic (exact) mass is 393 g/mol. The van der Waals surface area contributed by atoms with Crippen LogP contribution in [-0.4, -0.2) is 39.3 Å². The van der Waals surface area contributed by atoms with Gasteiger partial charge in [-0.05, 0) is 42.5 Å². The number of benzene rings is 2. The van der Waals surface area contributed by atoms with Gasteiger partial charge in [0.2, 0.25) is 10.0 Å². The molecule has 0 spiro atoms. The number of amides is 1. The fourth-order valence-corrected chi connectivity index (χ4v) is 3.09. The van der Waals surface area contributed by atoms with Crippen LogP contribution in [0.5, 0.6) is 5.75 Å². The number of sulfonamides is 1. The van der Waals surface area contributed by atoms with Crippen molar-refractivity contribution in [2.75, 3.05) is 26.0 Å². The molecule has 0 aliphatic carbocycles. The van der Waals surface area contributed by atoms with Crippen molar-refractivity contribution >= 4 is 33.2 Å². The van der Waals surface area contributed by atoms with E-state index < -0.39 is 15.9 Å². The summed E-state index contributed by atoms with van der Waals surface area (Å²) in [6.45, 7) is -0.288. The molecule has 0 fully saturated rings. The van der Waals surface area contributed by atoms with E-state index in [0.29, 0.717) is 11.3 Å². The molecule has 26 heavy (non-hydrogen) atoms. The van der Waals surface area contributed by atoms with Gasteiger partial charge < -0.3 is 10.1 Å². The average Bonchev–Trinajstić information content (AvgIpc) is 2.61. The number of nitriles is 1. The van der Waals surface area contributed by atoms with E-state index in [9.17, 15) is 13.2 Å². The van der Waals surface area contributed by atoms with E-state index in [1.54, 1.807) is 0 Å². The van der Waals surface area contributed by atoms with Gasteiger partial charge in [-0.1, -0.05) is 11.6 Å². The maximum atomic E-state index is 12.0. The van der Waals surface area contributed by atoms with Crippen LogP contribution in [-0.2, 0) is 14.8 Å². The zero-order chi connectivity index (χ0) is 19.3. The summed E-state index contributed by atoms with van der Waals surface area (Å²) in [6.07, 6.45) is 0. The summed E-state index contributed by atoms with van der Waals surface area (Å²) >= 11 is 5.97. The van der Waals surface area contributed by atoms with Gasteiger partial charge in [-0.25, -0.2) is 12.7 Å². The third-order valence-electron chi connectivity index (χ3n) is 3.34. The third-order valence-corrected chi connectivity index (χ3v) is 5.46. The summed E-state index contributed by atoms with van der Waals surface area (Å²) in [4.78, 5) is 12.1. The van der Waals surface area contributed by atoms with Crippen LogP contribution < -0.4 is 10.1 Å². The quantitative estimate of drug-likeness (QED) is 0.812. The van der Waals surface area contributed by atoms with Gasteiger partial charge >= 0.3 is 0 Å². The molecule has 0 atom stereocenters. The highest BCUT2D eigenvalue weighted by molar-refractivity contribution is 7.89. The smallest absolute Gasteiger partial charge is 0.262 e. The van der Waals surface area contributed by atoms with Crippen LogP contribution in [0.15, 0.2) is 47.4 Å². The Kier molecular flexibility index (Phi) is 6.21. The number of hydrogen-bond acceptors (Lipinski definition) is 5. The van der Waals surface area contributed by atoms with Crippen molar-refractivity contribution in [1.82, 2.24) is 4.31 Å². The largest absolute Gasteiger partial charge is 0.482 e. The summed E-state index contributed by atoms with van der Waals surface area (Å²) in [7, 11) is -0.638. The van der Waals surface area contributed by atoms with Crippen LogP contribution in [0.3, 0.4) is 0 Å². The molecule has 0 heterocycles. The Morgan fingerprint density at radius 1 is 1.23 bits per heavy atom. The molecule has 0 aliphatic rings. The summed E-state index contributed by atoms with van der Waals surface area (Å²) in [6, 6.07) is 12.2. The Balaban J connectivity index is 1.97. The predicted molar refractivity (Wildman–Crippen MR) is 97.6 cm³/mol. The minimum Gasteiger partial charge on any atom is -0.482 e. The van der Waals surface area contributed by atoms with Crippen molar-refractivity contribution in [3.05, 3.63) is 53.1 Å². The fraction of sp³-hybridized carbons (Fsp3) is 0.176. The van der Waals surface area contributed by atoms with E-state index in [0.717, 1.165) is 4.31 Å². The summed E-state index contributed by atoms with van der Waals surface area (Å²) in [5.41, 5.74) is 0.821. The molecule has 0 saturated heterocycles. The van der Waals surface area contributed by atoms with Crippen LogP contribution in [0, 0.1) is 11.3 Å². The number of hydrogen-bond donors (Lipinski definition) is 1. The molecule has 1 N–H and O–H groups in total. The SMILES string of the molecule is CN(C)S(=O)(=O)c1ccc(NC(=O)COc2ccc(C#N)cc2Cl)cc1. The Morgan fingerprint density at radius 3 is 2.42 bits per heavy atom. The van der Waals surface area contributed by atoms with Crippen LogP contribution in [0.4, 0.5) is 5.69 Å². The first kappa shape index (κ1) is 19.7. The lowest BCUT2D eigenvalue weighted by molar-refractivity contribution is -0.118. The highest BCUT2D eigenvalue weighted by atomic mass is 35.5. The van der Waals surface area contributed by atoms with E-state index >= 15 is 0 Å². The van der Waals surface area contributed by atoms with Crippen LogP contribution in [0.25, 0.3) is 0 Å². The second-order valence-corrected chi connectivity index (χ2v) is 7.96. The molecule has 1 amide bonds. The molecule has 9 heteroatoms. The predicted octanol–water partition coefficient (Wildman–Crippen LogP) is 2.48. The summed E-state index contributed by atoms with van der Waals surface area (Å²) in [5.74, 6) is -0.151. The molecule has 2 aromatic carbocycles. The van der Waals surface area contributed by atoms with Crippen molar-refractivity contribution in [2.24, 2.45) is 0 Å². The number of nitrogens with one attached hydrogen (secondary N) is 1. The van der Waals surface area contributed by atoms with E-state index in [-0.39, 0.29) is 22.3 Å². The van der Waals surface area contributed by atoms with Crippen molar-refractivity contribution in [3.8, 4) is 11.8 Å². The lowest BCUT2D eigenvalue weighted by atomic mass is 10.2. The Hall–Kier alpha value is -2.60. The number of anilines is 1. The van der Waals surface area contributed by atoms with Crippen molar-refractivity contribution < 1.29 is 17.9 Å². The first-order valence-electron chi connectivity index (χ1n) is 7.39. The minimum atomic E-state index is -3.52. The van der Waals surface area contributed by atoms with E-state index in [4.69, 9.17) is 21.6 Å². The third kappa shape index (κ3) is 4.73. The number of carbonyl (C=O) groups excluding carboxylic acids is 1.